The summed E-state index contributed by atoms with van der Waals surface area (Å²) in [5.74, 6) is -0.316. The summed E-state index contributed by atoms with van der Waals surface area (Å²) in [6.45, 7) is 3.17. The molecule has 4 heteroatoms. The van der Waals surface area contributed by atoms with Crippen molar-refractivity contribution in [2.75, 3.05) is 6.54 Å². The molecule has 106 valence electrons. The van der Waals surface area contributed by atoms with Gasteiger partial charge in [-0.25, -0.2) is 4.79 Å². The molecule has 0 amide bonds. The zero-order valence-electron chi connectivity index (χ0n) is 11.6. The predicted molar refractivity (Wildman–Crippen MR) is 76.9 cm³/mol. The second kappa shape index (κ2) is 6.91. The van der Waals surface area contributed by atoms with Gasteiger partial charge in [0.25, 0.3) is 0 Å². The first-order valence-electron chi connectivity index (χ1n) is 6.74. The van der Waals surface area contributed by atoms with E-state index in [1.165, 1.54) is 5.56 Å². The maximum atomic E-state index is 10.9. The quantitative estimate of drug-likeness (QED) is 0.761. The number of hydrogen-bond acceptors (Lipinski definition) is 3. The summed E-state index contributed by atoms with van der Waals surface area (Å²) in [6, 6.07) is 12.1. The van der Waals surface area contributed by atoms with Gasteiger partial charge in [0.1, 0.15) is 5.76 Å². The van der Waals surface area contributed by atoms with E-state index in [1.54, 1.807) is 13.0 Å². The Morgan fingerprint density at radius 2 is 2.05 bits per heavy atom. The van der Waals surface area contributed by atoms with Crippen molar-refractivity contribution < 1.29 is 14.3 Å². The Labute approximate surface area is 118 Å². The molecule has 1 heterocycles. The SMILES string of the molecule is Cc1cc(CNCCCc2ccccc2)oc1C(=O)O. The van der Waals surface area contributed by atoms with E-state index in [1.807, 2.05) is 18.2 Å². The minimum atomic E-state index is -1.02. The van der Waals surface area contributed by atoms with Gasteiger partial charge in [-0.3, -0.25) is 0 Å². The van der Waals surface area contributed by atoms with Gasteiger partial charge < -0.3 is 14.8 Å². The van der Waals surface area contributed by atoms with Gasteiger partial charge in [0.05, 0.1) is 6.54 Å². The molecule has 0 saturated heterocycles. The Balaban J connectivity index is 1.71. The normalized spacial score (nSPS) is 10.7. The van der Waals surface area contributed by atoms with Crippen molar-refractivity contribution in [2.45, 2.75) is 26.3 Å². The van der Waals surface area contributed by atoms with Crippen LogP contribution in [-0.4, -0.2) is 17.6 Å². The molecule has 0 unspecified atom stereocenters. The fraction of sp³-hybridized carbons (Fsp3) is 0.312. The molecule has 0 fully saturated rings. The van der Waals surface area contributed by atoms with Crippen molar-refractivity contribution >= 4 is 5.97 Å². The number of rotatable bonds is 7. The fourth-order valence-electron chi connectivity index (χ4n) is 2.12. The first-order valence-corrected chi connectivity index (χ1v) is 6.74. The van der Waals surface area contributed by atoms with E-state index in [0.29, 0.717) is 17.9 Å². The number of benzene rings is 1. The van der Waals surface area contributed by atoms with Crippen molar-refractivity contribution in [2.24, 2.45) is 0 Å². The first kappa shape index (κ1) is 14.3. The maximum absolute atomic E-state index is 10.9. The molecule has 0 spiro atoms. The molecular weight excluding hydrogens is 254 g/mol. The minimum Gasteiger partial charge on any atom is -0.475 e. The highest BCUT2D eigenvalue weighted by molar-refractivity contribution is 5.86. The van der Waals surface area contributed by atoms with Crippen molar-refractivity contribution in [3.05, 3.63) is 59.0 Å². The van der Waals surface area contributed by atoms with E-state index < -0.39 is 5.97 Å². The molecule has 0 radical (unpaired) electrons. The standard InChI is InChI=1S/C16H19NO3/c1-12-10-14(20-15(12)16(18)19)11-17-9-5-8-13-6-3-2-4-7-13/h2-4,6-7,10,17H,5,8-9,11H2,1H3,(H,18,19). The number of carboxylic acids is 1. The Morgan fingerprint density at radius 1 is 1.30 bits per heavy atom. The maximum Gasteiger partial charge on any atom is 0.372 e. The topological polar surface area (TPSA) is 62.5 Å². The van der Waals surface area contributed by atoms with Crippen LogP contribution in [0.15, 0.2) is 40.8 Å². The number of aryl methyl sites for hydroxylation is 2. The summed E-state index contributed by atoms with van der Waals surface area (Å²) in [5, 5.41) is 12.2. The van der Waals surface area contributed by atoms with Crippen LogP contribution in [0.1, 0.15) is 33.9 Å². The Kier molecular flexibility index (Phi) is 4.96. The Morgan fingerprint density at radius 3 is 2.70 bits per heavy atom. The summed E-state index contributed by atoms with van der Waals surface area (Å²) < 4.78 is 5.28. The number of hydrogen-bond donors (Lipinski definition) is 2. The lowest BCUT2D eigenvalue weighted by molar-refractivity contribution is 0.0659. The molecule has 0 aliphatic rings. The predicted octanol–water partition coefficient (Wildman–Crippen LogP) is 3.01. The zero-order chi connectivity index (χ0) is 14.4. The molecule has 0 aliphatic carbocycles. The van der Waals surface area contributed by atoms with Crippen LogP contribution in [0.5, 0.6) is 0 Å². The molecule has 0 aliphatic heterocycles. The summed E-state index contributed by atoms with van der Waals surface area (Å²) in [4.78, 5) is 10.9. The second-order valence-corrected chi connectivity index (χ2v) is 4.80. The third-order valence-electron chi connectivity index (χ3n) is 3.12. The molecule has 2 N–H and O–H groups in total. The number of carboxylic acid groups (broad SMARTS) is 1. The van der Waals surface area contributed by atoms with E-state index in [2.05, 4.69) is 17.4 Å². The van der Waals surface area contributed by atoms with Gasteiger partial charge in [-0.2, -0.15) is 0 Å². The molecule has 4 nitrogen and oxygen atoms in total. The lowest BCUT2D eigenvalue weighted by atomic mass is 10.1. The fourth-order valence-corrected chi connectivity index (χ4v) is 2.12. The third-order valence-corrected chi connectivity index (χ3v) is 3.12. The lowest BCUT2D eigenvalue weighted by Crippen LogP contribution is -2.14. The van der Waals surface area contributed by atoms with Gasteiger partial charge in [0, 0.05) is 5.56 Å². The molecule has 1 aromatic heterocycles. The van der Waals surface area contributed by atoms with E-state index >= 15 is 0 Å². The van der Waals surface area contributed by atoms with E-state index in [-0.39, 0.29) is 5.76 Å². The third kappa shape index (κ3) is 3.96. The monoisotopic (exact) mass is 273 g/mol. The van der Waals surface area contributed by atoms with E-state index in [0.717, 1.165) is 19.4 Å². The second-order valence-electron chi connectivity index (χ2n) is 4.80. The summed E-state index contributed by atoms with van der Waals surface area (Å²) in [7, 11) is 0. The Hall–Kier alpha value is -2.07. The smallest absolute Gasteiger partial charge is 0.372 e. The van der Waals surface area contributed by atoms with Crippen molar-refractivity contribution in [3.63, 3.8) is 0 Å². The molecule has 0 bridgehead atoms. The van der Waals surface area contributed by atoms with Crippen molar-refractivity contribution in [1.82, 2.24) is 5.32 Å². The molecule has 1 aromatic carbocycles. The van der Waals surface area contributed by atoms with Crippen LogP contribution in [-0.2, 0) is 13.0 Å². The van der Waals surface area contributed by atoms with E-state index in [4.69, 9.17) is 9.52 Å². The largest absolute Gasteiger partial charge is 0.475 e. The summed E-state index contributed by atoms with van der Waals surface area (Å²) in [6.07, 6.45) is 2.07. The van der Waals surface area contributed by atoms with Crippen LogP contribution in [0, 0.1) is 6.92 Å². The number of furan rings is 1. The molecule has 0 atom stereocenters. The molecule has 2 aromatic rings. The first-order chi connectivity index (χ1) is 9.66. The van der Waals surface area contributed by atoms with Crippen LogP contribution in [0.4, 0.5) is 0 Å². The van der Waals surface area contributed by atoms with Crippen molar-refractivity contribution in [3.8, 4) is 0 Å². The Bertz CT molecular complexity index is 560. The van der Waals surface area contributed by atoms with Crippen LogP contribution in [0.2, 0.25) is 0 Å². The number of nitrogens with one attached hydrogen (secondary N) is 1. The minimum absolute atomic E-state index is 0.0334. The van der Waals surface area contributed by atoms with Crippen molar-refractivity contribution in [1.29, 1.82) is 0 Å². The summed E-state index contributed by atoms with van der Waals surface area (Å²) >= 11 is 0. The lowest BCUT2D eigenvalue weighted by Gasteiger charge is -2.03. The van der Waals surface area contributed by atoms with Crippen LogP contribution >= 0.6 is 0 Å². The van der Waals surface area contributed by atoms with Gasteiger partial charge in [0.2, 0.25) is 5.76 Å². The van der Waals surface area contributed by atoms with Gasteiger partial charge in [-0.15, -0.1) is 0 Å². The van der Waals surface area contributed by atoms with Gasteiger partial charge >= 0.3 is 5.97 Å². The van der Waals surface area contributed by atoms with Crippen LogP contribution < -0.4 is 5.32 Å². The summed E-state index contributed by atoms with van der Waals surface area (Å²) in [5.41, 5.74) is 2.00. The highest BCUT2D eigenvalue weighted by atomic mass is 16.4. The van der Waals surface area contributed by atoms with Gasteiger partial charge in [-0.1, -0.05) is 30.3 Å². The van der Waals surface area contributed by atoms with Gasteiger partial charge in [-0.05, 0) is 37.9 Å². The number of carbonyl (C=O) groups is 1. The highest BCUT2D eigenvalue weighted by Gasteiger charge is 2.13. The number of aromatic carboxylic acids is 1. The molecular formula is C16H19NO3. The zero-order valence-corrected chi connectivity index (χ0v) is 11.6. The molecule has 0 saturated carbocycles. The average molecular weight is 273 g/mol. The van der Waals surface area contributed by atoms with Crippen LogP contribution in [0.25, 0.3) is 0 Å². The van der Waals surface area contributed by atoms with Gasteiger partial charge in [0.15, 0.2) is 0 Å². The van der Waals surface area contributed by atoms with Crippen LogP contribution in [0.3, 0.4) is 0 Å². The average Bonchev–Trinajstić information content (AvgIpc) is 2.81. The molecule has 2 rings (SSSR count). The molecule has 20 heavy (non-hydrogen) atoms. The van der Waals surface area contributed by atoms with E-state index in [9.17, 15) is 4.79 Å². The highest BCUT2D eigenvalue weighted by Crippen LogP contribution is 2.14.